The number of aromatic nitrogens is 2. The predicted molar refractivity (Wildman–Crippen MR) is 76.5 cm³/mol. The summed E-state index contributed by atoms with van der Waals surface area (Å²) in [6.07, 6.45) is 0.364. The maximum Gasteiger partial charge on any atom is 0.573 e. The molecule has 0 saturated heterocycles. The number of benzene rings is 1. The summed E-state index contributed by atoms with van der Waals surface area (Å²) in [5.41, 5.74) is 0.577. The lowest BCUT2D eigenvalue weighted by Gasteiger charge is -2.12. The normalized spacial score (nSPS) is 11.2. The van der Waals surface area contributed by atoms with Crippen LogP contribution in [-0.2, 0) is 6.54 Å². The summed E-state index contributed by atoms with van der Waals surface area (Å²) in [5.74, 6) is 0.258. The van der Waals surface area contributed by atoms with Gasteiger partial charge in [0.25, 0.3) is 0 Å². The van der Waals surface area contributed by atoms with E-state index in [0.717, 1.165) is 0 Å². The van der Waals surface area contributed by atoms with E-state index in [1.807, 2.05) is 0 Å². The van der Waals surface area contributed by atoms with Crippen molar-refractivity contribution in [2.75, 3.05) is 5.32 Å². The number of hydrogen-bond donors (Lipinski definition) is 1. The molecule has 0 bridgehead atoms. The Hall–Kier alpha value is -1.96. The van der Waals surface area contributed by atoms with Gasteiger partial charge in [-0.05, 0) is 34.1 Å². The fraction of sp³-hybridized carbons (Fsp3) is 0.154. The molecule has 4 nitrogen and oxygen atoms in total. The van der Waals surface area contributed by atoms with Gasteiger partial charge in [-0.3, -0.25) is 0 Å². The van der Waals surface area contributed by atoms with Gasteiger partial charge in [0.15, 0.2) is 0 Å². The first-order valence-electron chi connectivity index (χ1n) is 5.83. The lowest BCUT2D eigenvalue weighted by Crippen LogP contribution is -2.17. The Morgan fingerprint density at radius 3 is 2.81 bits per heavy atom. The standard InChI is InChI=1S/C13H11BrF3N3O/c1-2-6-20-7-5-18-12(20)19-9-3-4-11(10(14)8-9)21-13(15,16)17/h2-5,7-8H,1,6H2,(H,18,19). The average Bonchev–Trinajstić information content (AvgIpc) is 2.79. The number of nitrogens with zero attached hydrogens (tertiary/aromatic N) is 2. The molecule has 2 rings (SSSR count). The predicted octanol–water partition coefficient (Wildman–Crippen LogP) is 4.47. The third-order valence-corrected chi connectivity index (χ3v) is 3.07. The van der Waals surface area contributed by atoms with Gasteiger partial charge in [-0.1, -0.05) is 6.08 Å². The number of allylic oxidation sites excluding steroid dienone is 1. The van der Waals surface area contributed by atoms with Crippen molar-refractivity contribution < 1.29 is 17.9 Å². The third kappa shape index (κ3) is 4.25. The molecular weight excluding hydrogens is 351 g/mol. The Balaban J connectivity index is 2.16. The zero-order valence-corrected chi connectivity index (χ0v) is 12.3. The van der Waals surface area contributed by atoms with Crippen LogP contribution in [0.2, 0.25) is 0 Å². The van der Waals surface area contributed by atoms with Crippen LogP contribution in [0.1, 0.15) is 0 Å². The van der Waals surface area contributed by atoms with E-state index in [0.29, 0.717) is 18.2 Å². The van der Waals surface area contributed by atoms with Crippen molar-refractivity contribution in [2.24, 2.45) is 0 Å². The molecule has 0 aliphatic carbocycles. The summed E-state index contributed by atoms with van der Waals surface area (Å²) in [4.78, 5) is 4.12. The molecule has 112 valence electrons. The maximum absolute atomic E-state index is 12.2. The molecule has 8 heteroatoms. The van der Waals surface area contributed by atoms with Gasteiger partial charge in [-0.15, -0.1) is 19.8 Å². The first-order chi connectivity index (χ1) is 9.89. The molecule has 2 aromatic rings. The second kappa shape index (κ2) is 6.21. The van der Waals surface area contributed by atoms with E-state index >= 15 is 0 Å². The summed E-state index contributed by atoms with van der Waals surface area (Å²) < 4.78 is 42.4. The van der Waals surface area contributed by atoms with E-state index in [-0.39, 0.29) is 10.2 Å². The minimum absolute atomic E-state index is 0.187. The molecule has 0 aliphatic rings. The fourth-order valence-electron chi connectivity index (χ4n) is 1.63. The lowest BCUT2D eigenvalue weighted by molar-refractivity contribution is -0.274. The van der Waals surface area contributed by atoms with Crippen molar-refractivity contribution in [3.8, 4) is 5.75 Å². The number of ether oxygens (including phenoxy) is 1. The van der Waals surface area contributed by atoms with Gasteiger partial charge in [0.2, 0.25) is 5.95 Å². The number of anilines is 2. The van der Waals surface area contributed by atoms with Gasteiger partial charge in [-0.25, -0.2) is 4.98 Å². The molecule has 0 amide bonds. The highest BCUT2D eigenvalue weighted by atomic mass is 79.9. The van der Waals surface area contributed by atoms with Crippen LogP contribution in [0.15, 0.2) is 47.7 Å². The van der Waals surface area contributed by atoms with Crippen LogP contribution in [0.5, 0.6) is 5.75 Å². The Morgan fingerprint density at radius 1 is 1.43 bits per heavy atom. The molecule has 1 aromatic heterocycles. The van der Waals surface area contributed by atoms with Crippen LogP contribution in [0.4, 0.5) is 24.8 Å². The number of rotatable bonds is 5. The van der Waals surface area contributed by atoms with Gasteiger partial charge in [0.1, 0.15) is 5.75 Å². The van der Waals surface area contributed by atoms with Crippen molar-refractivity contribution in [1.29, 1.82) is 0 Å². The lowest BCUT2D eigenvalue weighted by atomic mass is 10.3. The SMILES string of the molecule is C=CCn1ccnc1Nc1ccc(OC(F)(F)F)c(Br)c1. The molecule has 0 spiro atoms. The Kier molecular flexibility index (Phi) is 4.56. The minimum atomic E-state index is -4.72. The summed E-state index contributed by atoms with van der Waals surface area (Å²) in [7, 11) is 0. The van der Waals surface area contributed by atoms with E-state index in [1.165, 1.54) is 18.2 Å². The maximum atomic E-state index is 12.2. The largest absolute Gasteiger partial charge is 0.573 e. The van der Waals surface area contributed by atoms with E-state index < -0.39 is 6.36 Å². The fourth-order valence-corrected chi connectivity index (χ4v) is 2.09. The van der Waals surface area contributed by atoms with Crippen LogP contribution in [0, 0.1) is 0 Å². The first-order valence-corrected chi connectivity index (χ1v) is 6.62. The van der Waals surface area contributed by atoms with Crippen molar-refractivity contribution in [3.63, 3.8) is 0 Å². The van der Waals surface area contributed by atoms with Crippen LogP contribution in [0.3, 0.4) is 0 Å². The number of halogens is 4. The third-order valence-electron chi connectivity index (χ3n) is 2.45. The monoisotopic (exact) mass is 361 g/mol. The van der Waals surface area contributed by atoms with Gasteiger partial charge in [0.05, 0.1) is 4.47 Å². The molecule has 0 atom stereocenters. The van der Waals surface area contributed by atoms with Crippen molar-refractivity contribution in [1.82, 2.24) is 9.55 Å². The van der Waals surface area contributed by atoms with Crippen LogP contribution in [-0.4, -0.2) is 15.9 Å². The summed E-state index contributed by atoms with van der Waals surface area (Å²) in [6.45, 7) is 4.20. The highest BCUT2D eigenvalue weighted by Crippen LogP contribution is 2.33. The van der Waals surface area contributed by atoms with Crippen LogP contribution >= 0.6 is 15.9 Å². The molecule has 0 saturated carbocycles. The average molecular weight is 362 g/mol. The molecule has 21 heavy (non-hydrogen) atoms. The zero-order valence-electron chi connectivity index (χ0n) is 10.7. The number of nitrogens with one attached hydrogen (secondary N) is 1. The van der Waals surface area contributed by atoms with Crippen LogP contribution < -0.4 is 10.1 Å². The summed E-state index contributed by atoms with van der Waals surface area (Å²) in [5, 5.41) is 3.01. The first kappa shape index (κ1) is 15.4. The van der Waals surface area contributed by atoms with E-state index in [9.17, 15) is 13.2 Å². The van der Waals surface area contributed by atoms with E-state index in [4.69, 9.17) is 0 Å². The van der Waals surface area contributed by atoms with Crippen molar-refractivity contribution in [2.45, 2.75) is 12.9 Å². The smallest absolute Gasteiger partial charge is 0.405 e. The van der Waals surface area contributed by atoms with Crippen LogP contribution in [0.25, 0.3) is 0 Å². The molecule has 0 unspecified atom stereocenters. The topological polar surface area (TPSA) is 39.1 Å². The van der Waals surface area contributed by atoms with E-state index in [2.05, 4.69) is 37.5 Å². The molecule has 1 heterocycles. The van der Waals surface area contributed by atoms with Crippen molar-refractivity contribution >= 4 is 27.6 Å². The summed E-state index contributed by atoms with van der Waals surface area (Å²) in [6, 6.07) is 4.17. The Morgan fingerprint density at radius 2 is 2.19 bits per heavy atom. The van der Waals surface area contributed by atoms with Gasteiger partial charge in [-0.2, -0.15) is 0 Å². The number of hydrogen-bond acceptors (Lipinski definition) is 3. The summed E-state index contributed by atoms with van der Waals surface area (Å²) >= 11 is 3.04. The minimum Gasteiger partial charge on any atom is -0.405 e. The van der Waals surface area contributed by atoms with Gasteiger partial charge in [0, 0.05) is 24.6 Å². The molecule has 0 aliphatic heterocycles. The number of imidazole rings is 1. The highest BCUT2D eigenvalue weighted by molar-refractivity contribution is 9.10. The quantitative estimate of drug-likeness (QED) is 0.798. The molecular formula is C13H11BrF3N3O. The highest BCUT2D eigenvalue weighted by Gasteiger charge is 2.31. The van der Waals surface area contributed by atoms with E-state index in [1.54, 1.807) is 23.0 Å². The second-order valence-corrected chi connectivity index (χ2v) is 4.86. The Labute approximate surface area is 127 Å². The van der Waals surface area contributed by atoms with Gasteiger partial charge >= 0.3 is 6.36 Å². The zero-order chi connectivity index (χ0) is 15.5. The van der Waals surface area contributed by atoms with Crippen molar-refractivity contribution in [3.05, 3.63) is 47.7 Å². The Bertz CT molecular complexity index is 640. The second-order valence-electron chi connectivity index (χ2n) is 4.01. The molecule has 1 aromatic carbocycles. The molecule has 0 radical (unpaired) electrons. The van der Waals surface area contributed by atoms with Gasteiger partial charge < -0.3 is 14.6 Å². The molecule has 1 N–H and O–H groups in total. The number of alkyl halides is 3. The molecule has 0 fully saturated rings.